The van der Waals surface area contributed by atoms with Gasteiger partial charge in [-0.25, -0.2) is 9.97 Å². The van der Waals surface area contributed by atoms with E-state index in [1.165, 1.54) is 0 Å². The highest BCUT2D eigenvalue weighted by Gasteiger charge is 2.45. The van der Waals surface area contributed by atoms with E-state index in [1.54, 1.807) is 24.7 Å². The molecule has 7 nitrogen and oxygen atoms in total. The lowest BCUT2D eigenvalue weighted by Crippen LogP contribution is -2.46. The van der Waals surface area contributed by atoms with Crippen LogP contribution in [0.25, 0.3) is 11.4 Å². The second-order valence-corrected chi connectivity index (χ2v) is 7.81. The van der Waals surface area contributed by atoms with E-state index >= 15 is 0 Å². The fourth-order valence-corrected chi connectivity index (χ4v) is 4.65. The number of fused-ring (bicyclic) bond motifs is 2. The summed E-state index contributed by atoms with van der Waals surface area (Å²) in [5.41, 5.74) is 2.93. The van der Waals surface area contributed by atoms with E-state index in [-0.39, 0.29) is 11.0 Å². The Kier molecular flexibility index (Phi) is 4.13. The van der Waals surface area contributed by atoms with Crippen LogP contribution in [-0.2, 0) is 11.8 Å². The highest BCUT2D eigenvalue weighted by molar-refractivity contribution is 5.55. The van der Waals surface area contributed by atoms with Gasteiger partial charge in [-0.2, -0.15) is 5.26 Å². The molecule has 1 N–H and O–H groups in total. The van der Waals surface area contributed by atoms with Crippen molar-refractivity contribution >= 4 is 5.82 Å². The van der Waals surface area contributed by atoms with Crippen molar-refractivity contribution in [1.29, 1.82) is 5.26 Å². The van der Waals surface area contributed by atoms with Gasteiger partial charge < -0.3 is 9.88 Å². The van der Waals surface area contributed by atoms with Crippen LogP contribution in [0.15, 0.2) is 47.7 Å². The number of nitrogens with zero attached hydrogens (tertiary/aromatic N) is 5. The third-order valence-corrected chi connectivity index (χ3v) is 6.08. The summed E-state index contributed by atoms with van der Waals surface area (Å²) in [6.07, 6.45) is 8.73. The minimum absolute atomic E-state index is 0.0423. The van der Waals surface area contributed by atoms with Gasteiger partial charge in [-0.05, 0) is 49.9 Å². The maximum Gasteiger partial charge on any atom is 0.254 e. The average molecular weight is 384 g/mol. The highest BCUT2D eigenvalue weighted by atomic mass is 16.1. The molecule has 1 atom stereocenters. The van der Waals surface area contributed by atoms with Gasteiger partial charge in [-0.3, -0.25) is 9.78 Å². The number of H-pyrrole nitrogens is 1. The summed E-state index contributed by atoms with van der Waals surface area (Å²) in [5.74, 6) is 1.45. The van der Waals surface area contributed by atoms with Gasteiger partial charge in [0.05, 0.1) is 11.3 Å². The van der Waals surface area contributed by atoms with E-state index in [0.29, 0.717) is 11.4 Å². The smallest absolute Gasteiger partial charge is 0.254 e. The number of anilines is 1. The lowest BCUT2D eigenvalue weighted by molar-refractivity contribution is 0.333. The topological polar surface area (TPSA) is 98.6 Å². The number of aromatic amines is 1. The minimum Gasteiger partial charge on any atom is -0.356 e. The largest absolute Gasteiger partial charge is 0.356 e. The molecule has 1 unspecified atom stereocenters. The zero-order valence-electron chi connectivity index (χ0n) is 15.9. The number of pyridine rings is 2. The highest BCUT2D eigenvalue weighted by Crippen LogP contribution is 2.44. The van der Waals surface area contributed by atoms with Crippen molar-refractivity contribution in [3.8, 4) is 17.5 Å². The maximum absolute atomic E-state index is 12.8. The van der Waals surface area contributed by atoms with Crippen molar-refractivity contribution in [3.05, 3.63) is 70.0 Å². The number of piperidine rings is 1. The van der Waals surface area contributed by atoms with Gasteiger partial charge in [-0.1, -0.05) is 0 Å². The molecule has 1 saturated heterocycles. The van der Waals surface area contributed by atoms with Crippen molar-refractivity contribution in [3.63, 3.8) is 0 Å². The number of hydrogen-bond acceptors (Lipinski definition) is 6. The standard InChI is InChI=1S/C22H20N6O/c23-11-15-4-5-18(25-12-15)28-10-2-7-22(14-28)8-6-17-19(22)26-20(27-21(17)29)16-3-1-9-24-13-16/h1,3-5,9,12-13H,2,6-8,10,14H2,(H,26,27,29). The Morgan fingerprint density at radius 3 is 2.90 bits per heavy atom. The van der Waals surface area contributed by atoms with E-state index < -0.39 is 0 Å². The van der Waals surface area contributed by atoms with Crippen LogP contribution in [0.2, 0.25) is 0 Å². The van der Waals surface area contributed by atoms with Gasteiger partial charge in [0, 0.05) is 48.2 Å². The first-order valence-electron chi connectivity index (χ1n) is 9.84. The molecule has 0 bridgehead atoms. The lowest BCUT2D eigenvalue weighted by Gasteiger charge is -2.41. The SMILES string of the molecule is N#Cc1ccc(N2CCCC3(CCc4c3nc(-c3cccnc3)[nH]c4=O)C2)nc1. The van der Waals surface area contributed by atoms with Gasteiger partial charge in [0.1, 0.15) is 17.7 Å². The molecule has 5 rings (SSSR count). The minimum atomic E-state index is -0.144. The number of nitrogens with one attached hydrogen (secondary N) is 1. The van der Waals surface area contributed by atoms with Crippen molar-refractivity contribution in [1.82, 2.24) is 19.9 Å². The number of nitriles is 1. The summed E-state index contributed by atoms with van der Waals surface area (Å²) >= 11 is 0. The van der Waals surface area contributed by atoms with Crippen molar-refractivity contribution in [2.75, 3.05) is 18.0 Å². The zero-order chi connectivity index (χ0) is 19.8. The molecule has 7 heteroatoms. The van der Waals surface area contributed by atoms with Crippen molar-refractivity contribution in [2.24, 2.45) is 0 Å². The van der Waals surface area contributed by atoms with Crippen LogP contribution >= 0.6 is 0 Å². The van der Waals surface area contributed by atoms with E-state index in [2.05, 4.69) is 25.9 Å². The number of aromatic nitrogens is 4. The first kappa shape index (κ1) is 17.6. The zero-order valence-corrected chi connectivity index (χ0v) is 15.9. The molecule has 0 amide bonds. The molecular formula is C22H20N6O. The van der Waals surface area contributed by atoms with Gasteiger partial charge in [-0.15, -0.1) is 0 Å². The van der Waals surface area contributed by atoms with Crippen LogP contribution in [0.3, 0.4) is 0 Å². The second kappa shape index (κ2) is 6.82. The fraction of sp³-hybridized carbons (Fsp3) is 0.318. The normalized spacial score (nSPS) is 20.4. The number of rotatable bonds is 2. The van der Waals surface area contributed by atoms with Gasteiger partial charge in [0.25, 0.3) is 5.56 Å². The third kappa shape index (κ3) is 2.97. The van der Waals surface area contributed by atoms with Crippen LogP contribution in [0.5, 0.6) is 0 Å². The van der Waals surface area contributed by atoms with E-state index in [9.17, 15) is 4.79 Å². The second-order valence-electron chi connectivity index (χ2n) is 7.81. The molecular weight excluding hydrogens is 364 g/mol. The van der Waals surface area contributed by atoms with Crippen LogP contribution in [0, 0.1) is 11.3 Å². The molecule has 2 aliphatic rings. The van der Waals surface area contributed by atoms with Gasteiger partial charge >= 0.3 is 0 Å². The predicted octanol–water partition coefficient (Wildman–Crippen LogP) is 2.58. The molecule has 144 valence electrons. The molecule has 1 spiro atoms. The Bertz CT molecular complexity index is 1150. The predicted molar refractivity (Wildman–Crippen MR) is 108 cm³/mol. The molecule has 3 aromatic rings. The van der Waals surface area contributed by atoms with Gasteiger partial charge in [0.15, 0.2) is 0 Å². The Hall–Kier alpha value is -3.53. The first-order valence-corrected chi connectivity index (χ1v) is 9.84. The number of hydrogen-bond donors (Lipinski definition) is 1. The van der Waals surface area contributed by atoms with Crippen molar-refractivity contribution < 1.29 is 0 Å². The molecule has 1 aliphatic heterocycles. The summed E-state index contributed by atoms with van der Waals surface area (Å²) in [7, 11) is 0. The van der Waals surface area contributed by atoms with Crippen LogP contribution in [-0.4, -0.2) is 33.0 Å². The molecule has 0 aromatic carbocycles. The summed E-state index contributed by atoms with van der Waals surface area (Å²) in [5, 5.41) is 9.01. The maximum atomic E-state index is 12.8. The average Bonchev–Trinajstić information content (AvgIpc) is 3.12. The molecule has 1 aliphatic carbocycles. The summed E-state index contributed by atoms with van der Waals surface area (Å²) in [6, 6.07) is 9.57. The molecule has 0 saturated carbocycles. The quantitative estimate of drug-likeness (QED) is 0.729. The molecule has 4 heterocycles. The Labute approximate surface area is 168 Å². The van der Waals surface area contributed by atoms with Crippen LogP contribution in [0.1, 0.15) is 36.1 Å². The third-order valence-electron chi connectivity index (χ3n) is 6.08. The Morgan fingerprint density at radius 1 is 1.21 bits per heavy atom. The van der Waals surface area contributed by atoms with Crippen LogP contribution < -0.4 is 10.5 Å². The van der Waals surface area contributed by atoms with Crippen LogP contribution in [0.4, 0.5) is 5.82 Å². The summed E-state index contributed by atoms with van der Waals surface area (Å²) in [6.45, 7) is 1.69. The molecule has 0 radical (unpaired) electrons. The Morgan fingerprint density at radius 2 is 2.14 bits per heavy atom. The summed E-state index contributed by atoms with van der Waals surface area (Å²) < 4.78 is 0. The first-order chi connectivity index (χ1) is 14.2. The van der Waals surface area contributed by atoms with Crippen molar-refractivity contribution in [2.45, 2.75) is 31.1 Å². The molecule has 29 heavy (non-hydrogen) atoms. The lowest BCUT2D eigenvalue weighted by atomic mass is 9.77. The fourth-order valence-electron chi connectivity index (χ4n) is 4.65. The van der Waals surface area contributed by atoms with E-state index in [0.717, 1.165) is 61.4 Å². The molecule has 1 fully saturated rings. The summed E-state index contributed by atoms with van der Waals surface area (Å²) in [4.78, 5) is 31.5. The monoisotopic (exact) mass is 384 g/mol. The Balaban J connectivity index is 1.53. The van der Waals surface area contributed by atoms with Gasteiger partial charge in [0.2, 0.25) is 0 Å². The van der Waals surface area contributed by atoms with E-state index in [4.69, 9.17) is 10.2 Å². The van der Waals surface area contributed by atoms with E-state index in [1.807, 2.05) is 18.2 Å². The molecule has 3 aromatic heterocycles.